The van der Waals surface area contributed by atoms with Gasteiger partial charge in [0.15, 0.2) is 0 Å². The molecule has 0 saturated heterocycles. The molecule has 0 unspecified atom stereocenters. The van der Waals surface area contributed by atoms with Crippen LogP contribution in [-0.4, -0.2) is 40.6 Å². The molecule has 402 valence electrons. The molecule has 0 N–H and O–H groups in total. The van der Waals surface area contributed by atoms with Gasteiger partial charge in [0.2, 0.25) is 0 Å². The predicted octanol–water partition coefficient (Wildman–Crippen LogP) is 18.6. The van der Waals surface area contributed by atoms with Gasteiger partial charge in [-0.1, -0.05) is 282 Å². The molecule has 0 bridgehead atoms. The molecule has 0 aliphatic rings. The largest absolute Gasteiger partial charge is 0.324 e. The van der Waals surface area contributed by atoms with Crippen molar-refractivity contribution in [2.75, 3.05) is 0 Å². The molecule has 0 spiro atoms. The Labute approximate surface area is 478 Å². The van der Waals surface area contributed by atoms with Crippen LogP contribution in [0.3, 0.4) is 0 Å². The Morgan fingerprint density at radius 1 is 0.244 bits per heavy atom. The third-order valence-electron chi connectivity index (χ3n) is 12.1. The maximum Gasteiger partial charge on any atom is 0.293 e. The minimum absolute atomic E-state index is 0.138. The molecule has 8 aromatic rings. The number of benzene rings is 8. The topological polar surface area (TPSA) is 81.2 Å². The van der Waals surface area contributed by atoms with Gasteiger partial charge in [-0.3, -0.25) is 19.2 Å². The van der Waals surface area contributed by atoms with Crippen molar-refractivity contribution in [3.8, 4) is 0 Å². The standard InChI is InChI=1S/2C30H28N2O2S2.C6H14/c2*33-29(31(21-25-13-5-1-6-14-25)22-26-15-7-2-8-16-26)35-36-30(34)32(23-27-17-9-3-10-18-27)24-28-19-11-4-12-20-28;1-3-5-6-4-2/h2*1-20H,21-24H2;3-6H2,1-2H3. The van der Waals surface area contributed by atoms with Crippen LogP contribution in [0.15, 0.2) is 243 Å². The summed E-state index contributed by atoms with van der Waals surface area (Å²) in [6.45, 7) is 8.31. The van der Waals surface area contributed by atoms with Crippen LogP contribution < -0.4 is 0 Å². The van der Waals surface area contributed by atoms with Crippen molar-refractivity contribution in [3.05, 3.63) is 287 Å². The van der Waals surface area contributed by atoms with Gasteiger partial charge in [0.25, 0.3) is 21.0 Å². The van der Waals surface area contributed by atoms with Gasteiger partial charge in [-0.05, 0) is 44.5 Å². The Bertz CT molecular complexity index is 2350. The van der Waals surface area contributed by atoms with Crippen LogP contribution in [0.2, 0.25) is 0 Å². The molecule has 0 saturated carbocycles. The van der Waals surface area contributed by atoms with Crippen molar-refractivity contribution < 1.29 is 19.2 Å². The van der Waals surface area contributed by atoms with E-state index in [2.05, 4.69) is 13.8 Å². The summed E-state index contributed by atoms with van der Waals surface area (Å²) >= 11 is 0. The first-order chi connectivity index (χ1) is 38.3. The van der Waals surface area contributed by atoms with E-state index >= 15 is 0 Å². The highest BCUT2D eigenvalue weighted by Gasteiger charge is 2.24. The van der Waals surface area contributed by atoms with Crippen molar-refractivity contribution in [1.82, 2.24) is 19.6 Å². The van der Waals surface area contributed by atoms with Crippen molar-refractivity contribution in [1.29, 1.82) is 0 Å². The lowest BCUT2D eigenvalue weighted by molar-refractivity contribution is 0.217. The SMILES string of the molecule is CCCCCC.O=C(SSC(=O)N(Cc1ccccc1)Cc1ccccc1)N(Cc1ccccc1)Cc1ccccc1.O=C(SSC(=O)N(Cc1ccccc1)Cc1ccccc1)N(Cc1ccccc1)Cc1ccccc1. The van der Waals surface area contributed by atoms with Crippen LogP contribution >= 0.6 is 43.2 Å². The lowest BCUT2D eigenvalue weighted by atomic mass is 10.2. The lowest BCUT2D eigenvalue weighted by Crippen LogP contribution is -2.28. The molecule has 0 fully saturated rings. The van der Waals surface area contributed by atoms with E-state index in [0.29, 0.717) is 52.4 Å². The Morgan fingerprint density at radius 2 is 0.372 bits per heavy atom. The first-order valence-corrected chi connectivity index (χ1v) is 30.7. The van der Waals surface area contributed by atoms with Crippen LogP contribution in [0, 0.1) is 0 Å². The van der Waals surface area contributed by atoms with E-state index in [4.69, 9.17) is 0 Å². The number of carbonyl (C=O) groups is 4. The molecule has 0 atom stereocenters. The Kier molecular flexibility index (Phi) is 27.4. The van der Waals surface area contributed by atoms with Gasteiger partial charge in [0, 0.05) is 95.5 Å². The Hall–Kier alpha value is -6.96. The van der Waals surface area contributed by atoms with Gasteiger partial charge in [-0.2, -0.15) is 0 Å². The highest BCUT2D eigenvalue weighted by Crippen LogP contribution is 2.32. The molecule has 8 nitrogen and oxygen atoms in total. The fourth-order valence-electron chi connectivity index (χ4n) is 8.02. The van der Waals surface area contributed by atoms with E-state index in [1.165, 1.54) is 25.7 Å². The Balaban J connectivity index is 0.000000228. The third-order valence-corrected chi connectivity index (χ3v) is 16.1. The second-order valence-electron chi connectivity index (χ2n) is 18.4. The van der Waals surface area contributed by atoms with Gasteiger partial charge in [0.1, 0.15) is 0 Å². The molecule has 0 heterocycles. The highest BCUT2D eigenvalue weighted by molar-refractivity contribution is 8.87. The summed E-state index contributed by atoms with van der Waals surface area (Å²) in [7, 11) is 3.97. The lowest BCUT2D eigenvalue weighted by Gasteiger charge is -2.24. The van der Waals surface area contributed by atoms with Crippen molar-refractivity contribution in [3.63, 3.8) is 0 Å². The predicted molar refractivity (Wildman–Crippen MR) is 330 cm³/mol. The third kappa shape index (κ3) is 22.9. The zero-order valence-corrected chi connectivity index (χ0v) is 47.9. The summed E-state index contributed by atoms with van der Waals surface area (Å²) in [5.74, 6) is 0. The second-order valence-corrected chi connectivity index (χ2v) is 22.5. The van der Waals surface area contributed by atoms with E-state index in [-0.39, 0.29) is 21.0 Å². The zero-order valence-electron chi connectivity index (χ0n) is 44.6. The zero-order chi connectivity index (χ0) is 54.8. The average Bonchev–Trinajstić information content (AvgIpc) is 3.49. The van der Waals surface area contributed by atoms with Crippen LogP contribution in [0.1, 0.15) is 84.0 Å². The molecular formula is C66H70N4O4S4. The molecule has 0 aliphatic carbocycles. The van der Waals surface area contributed by atoms with Crippen LogP contribution in [0.5, 0.6) is 0 Å². The molecule has 12 heteroatoms. The monoisotopic (exact) mass is 1110 g/mol. The number of nitrogens with zero attached hydrogens (tertiary/aromatic N) is 4. The fourth-order valence-corrected chi connectivity index (χ4v) is 11.4. The second kappa shape index (κ2) is 35.5. The number of carbonyl (C=O) groups excluding carboxylic acids is 4. The highest BCUT2D eigenvalue weighted by atomic mass is 33.1. The molecule has 0 radical (unpaired) electrons. The quantitative estimate of drug-likeness (QED) is 0.0585. The van der Waals surface area contributed by atoms with E-state index in [9.17, 15) is 19.2 Å². The molecule has 78 heavy (non-hydrogen) atoms. The van der Waals surface area contributed by atoms with Gasteiger partial charge in [0.05, 0.1) is 0 Å². The molecular weight excluding hydrogens is 1040 g/mol. The number of hydrogen-bond acceptors (Lipinski definition) is 8. The number of amides is 4. The van der Waals surface area contributed by atoms with Crippen LogP contribution in [0.25, 0.3) is 0 Å². The number of hydrogen-bond donors (Lipinski definition) is 0. The number of unbranched alkanes of at least 4 members (excludes halogenated alkanes) is 3. The smallest absolute Gasteiger partial charge is 0.293 e. The van der Waals surface area contributed by atoms with Crippen molar-refractivity contribution >= 4 is 64.1 Å². The van der Waals surface area contributed by atoms with Gasteiger partial charge in [-0.25, -0.2) is 0 Å². The van der Waals surface area contributed by atoms with Crippen molar-refractivity contribution in [2.45, 2.75) is 91.9 Å². The fraction of sp³-hybridized carbons (Fsp3) is 0.212. The summed E-state index contributed by atoms with van der Waals surface area (Å²) < 4.78 is 0. The normalized spacial score (nSPS) is 10.4. The van der Waals surface area contributed by atoms with E-state index in [1.807, 2.05) is 243 Å². The maximum atomic E-state index is 13.3. The van der Waals surface area contributed by atoms with Crippen molar-refractivity contribution in [2.24, 2.45) is 0 Å². The van der Waals surface area contributed by atoms with Gasteiger partial charge < -0.3 is 19.6 Å². The number of rotatable bonds is 19. The first kappa shape index (κ1) is 60.3. The molecule has 0 aromatic heterocycles. The van der Waals surface area contributed by atoms with Crippen LogP contribution in [0.4, 0.5) is 19.2 Å². The summed E-state index contributed by atoms with van der Waals surface area (Å²) in [5.41, 5.74) is 8.40. The van der Waals surface area contributed by atoms with E-state index in [0.717, 1.165) is 87.7 Å². The molecule has 8 rings (SSSR count). The summed E-state index contributed by atoms with van der Waals surface area (Å²) in [4.78, 5) is 60.3. The minimum atomic E-state index is -0.138. The first-order valence-electron chi connectivity index (χ1n) is 26.4. The molecule has 8 aromatic carbocycles. The van der Waals surface area contributed by atoms with E-state index < -0.39 is 0 Å². The Morgan fingerprint density at radius 3 is 0.487 bits per heavy atom. The van der Waals surface area contributed by atoms with Crippen LogP contribution in [-0.2, 0) is 52.4 Å². The van der Waals surface area contributed by atoms with Gasteiger partial charge in [-0.15, -0.1) is 0 Å². The summed E-state index contributed by atoms with van der Waals surface area (Å²) in [6.07, 6.45) is 5.54. The minimum Gasteiger partial charge on any atom is -0.324 e. The summed E-state index contributed by atoms with van der Waals surface area (Å²) in [5, 5.41) is -0.554. The summed E-state index contributed by atoms with van der Waals surface area (Å²) in [6, 6.07) is 79.4. The molecule has 4 amide bonds. The van der Waals surface area contributed by atoms with Gasteiger partial charge >= 0.3 is 0 Å². The molecule has 0 aliphatic heterocycles. The average molecular weight is 1110 g/mol. The maximum absolute atomic E-state index is 13.3. The van der Waals surface area contributed by atoms with E-state index in [1.54, 1.807) is 19.6 Å².